The molecule has 0 radical (unpaired) electrons. The first-order valence-electron chi connectivity index (χ1n) is 3.36. The number of aromatic hydroxyl groups is 1. The Morgan fingerprint density at radius 2 is 1.92 bits per heavy atom. The summed E-state index contributed by atoms with van der Waals surface area (Å²) in [4.78, 5) is 10.7. The lowest BCUT2D eigenvalue weighted by Crippen LogP contribution is -2.01. The van der Waals surface area contributed by atoms with E-state index in [-0.39, 0.29) is 15.6 Å². The average molecular weight is 221 g/mol. The Morgan fingerprint density at radius 3 is 2.38 bits per heavy atom. The molecule has 3 nitrogen and oxygen atoms in total. The lowest BCUT2D eigenvalue weighted by molar-refractivity contribution is 0.0693. The summed E-state index contributed by atoms with van der Waals surface area (Å²) in [6, 6.07) is 1.31. The first-order valence-corrected chi connectivity index (χ1v) is 4.11. The van der Waals surface area contributed by atoms with E-state index < -0.39 is 11.7 Å². The van der Waals surface area contributed by atoms with Crippen LogP contribution in [0.4, 0.5) is 0 Å². The van der Waals surface area contributed by atoms with Crippen LogP contribution in [-0.2, 0) is 0 Å². The molecule has 1 rings (SSSR count). The van der Waals surface area contributed by atoms with Gasteiger partial charge in [-0.15, -0.1) is 0 Å². The Balaban J connectivity index is 3.56. The second-order valence-electron chi connectivity index (χ2n) is 2.49. The molecule has 0 atom stereocenters. The van der Waals surface area contributed by atoms with E-state index in [4.69, 9.17) is 28.3 Å². The molecule has 0 aliphatic rings. The summed E-state index contributed by atoms with van der Waals surface area (Å²) in [5, 5.41) is 18.2. The van der Waals surface area contributed by atoms with Gasteiger partial charge in [0.1, 0.15) is 11.3 Å². The highest BCUT2D eigenvalue weighted by Gasteiger charge is 2.18. The molecule has 0 aromatic heterocycles. The molecule has 13 heavy (non-hydrogen) atoms. The predicted molar refractivity (Wildman–Crippen MR) is 49.8 cm³/mol. The van der Waals surface area contributed by atoms with Crippen molar-refractivity contribution in [2.45, 2.75) is 6.92 Å². The highest BCUT2D eigenvalue weighted by atomic mass is 35.5. The van der Waals surface area contributed by atoms with E-state index in [2.05, 4.69) is 0 Å². The zero-order valence-electron chi connectivity index (χ0n) is 6.64. The van der Waals surface area contributed by atoms with E-state index >= 15 is 0 Å². The Morgan fingerprint density at radius 1 is 1.38 bits per heavy atom. The Bertz CT molecular complexity index is 348. The summed E-state index contributed by atoms with van der Waals surface area (Å²) in [5.74, 6) is -1.70. The van der Waals surface area contributed by atoms with Crippen LogP contribution in [0, 0.1) is 6.92 Å². The van der Waals surface area contributed by atoms with Crippen LogP contribution in [-0.4, -0.2) is 16.2 Å². The molecule has 2 N–H and O–H groups in total. The number of carboxylic acid groups (broad SMARTS) is 1. The van der Waals surface area contributed by atoms with Gasteiger partial charge < -0.3 is 10.2 Å². The number of carboxylic acids is 1. The minimum absolute atomic E-state index is 0.0620. The van der Waals surface area contributed by atoms with Crippen LogP contribution in [0.3, 0.4) is 0 Å². The summed E-state index contributed by atoms with van der Waals surface area (Å²) in [6.45, 7) is 1.50. The number of rotatable bonds is 1. The van der Waals surface area contributed by atoms with Crippen molar-refractivity contribution in [2.75, 3.05) is 0 Å². The molecule has 0 unspecified atom stereocenters. The van der Waals surface area contributed by atoms with Gasteiger partial charge in [-0.05, 0) is 18.6 Å². The normalized spacial score (nSPS) is 10.1. The van der Waals surface area contributed by atoms with E-state index in [1.807, 2.05) is 0 Å². The van der Waals surface area contributed by atoms with Gasteiger partial charge in [0.2, 0.25) is 0 Å². The molecule has 1 aromatic carbocycles. The fraction of sp³-hybridized carbons (Fsp3) is 0.125. The van der Waals surface area contributed by atoms with Crippen LogP contribution < -0.4 is 0 Å². The van der Waals surface area contributed by atoms with Crippen LogP contribution >= 0.6 is 23.2 Å². The number of carbonyl (C=O) groups is 1. The van der Waals surface area contributed by atoms with Crippen molar-refractivity contribution in [3.8, 4) is 5.75 Å². The van der Waals surface area contributed by atoms with Gasteiger partial charge in [-0.2, -0.15) is 0 Å². The molecule has 0 spiro atoms. The number of halogens is 2. The molecule has 0 fully saturated rings. The fourth-order valence-corrected chi connectivity index (χ4v) is 1.43. The van der Waals surface area contributed by atoms with Gasteiger partial charge in [-0.25, -0.2) is 4.79 Å². The van der Waals surface area contributed by atoms with Gasteiger partial charge >= 0.3 is 5.97 Å². The first-order chi connectivity index (χ1) is 5.95. The van der Waals surface area contributed by atoms with E-state index in [9.17, 15) is 9.90 Å². The Labute approximate surface area is 84.5 Å². The zero-order chi connectivity index (χ0) is 10.2. The Hall–Kier alpha value is -0.930. The van der Waals surface area contributed by atoms with Crippen molar-refractivity contribution in [1.29, 1.82) is 0 Å². The van der Waals surface area contributed by atoms with Crippen molar-refractivity contribution in [3.05, 3.63) is 27.2 Å². The SMILES string of the molecule is Cc1c(Cl)cc(Cl)c(O)c1C(=O)O. The third-order valence-electron chi connectivity index (χ3n) is 1.66. The van der Waals surface area contributed by atoms with E-state index in [0.29, 0.717) is 5.56 Å². The minimum atomic E-state index is -1.25. The summed E-state index contributed by atoms with van der Waals surface area (Å²) < 4.78 is 0. The molecule has 0 saturated heterocycles. The van der Waals surface area contributed by atoms with Crippen molar-refractivity contribution >= 4 is 29.2 Å². The van der Waals surface area contributed by atoms with Crippen LogP contribution in [0.15, 0.2) is 6.07 Å². The number of hydrogen-bond acceptors (Lipinski definition) is 2. The highest BCUT2D eigenvalue weighted by molar-refractivity contribution is 6.36. The van der Waals surface area contributed by atoms with Gasteiger partial charge in [0.25, 0.3) is 0 Å². The maximum atomic E-state index is 10.7. The third-order valence-corrected chi connectivity index (χ3v) is 2.34. The lowest BCUT2D eigenvalue weighted by Gasteiger charge is -2.07. The minimum Gasteiger partial charge on any atom is -0.505 e. The maximum absolute atomic E-state index is 10.7. The number of phenols is 1. The molecular weight excluding hydrogens is 215 g/mol. The maximum Gasteiger partial charge on any atom is 0.339 e. The molecule has 0 heterocycles. The van der Waals surface area contributed by atoms with Crippen LogP contribution in [0.5, 0.6) is 5.75 Å². The van der Waals surface area contributed by atoms with Gasteiger partial charge in [-0.3, -0.25) is 0 Å². The van der Waals surface area contributed by atoms with Crippen molar-refractivity contribution in [1.82, 2.24) is 0 Å². The van der Waals surface area contributed by atoms with Crippen molar-refractivity contribution in [2.24, 2.45) is 0 Å². The second-order valence-corrected chi connectivity index (χ2v) is 3.31. The quantitative estimate of drug-likeness (QED) is 0.766. The van der Waals surface area contributed by atoms with E-state index in [1.54, 1.807) is 0 Å². The van der Waals surface area contributed by atoms with Crippen molar-refractivity contribution in [3.63, 3.8) is 0 Å². The number of aromatic carboxylic acids is 1. The molecule has 0 bridgehead atoms. The predicted octanol–water partition coefficient (Wildman–Crippen LogP) is 2.71. The largest absolute Gasteiger partial charge is 0.505 e. The fourth-order valence-electron chi connectivity index (χ4n) is 0.966. The summed E-state index contributed by atoms with van der Waals surface area (Å²) in [6.07, 6.45) is 0. The van der Waals surface area contributed by atoms with E-state index in [0.717, 1.165) is 0 Å². The molecule has 0 saturated carbocycles. The number of benzene rings is 1. The first kappa shape index (κ1) is 10.2. The van der Waals surface area contributed by atoms with Crippen LogP contribution in [0.2, 0.25) is 10.0 Å². The topological polar surface area (TPSA) is 57.5 Å². The summed E-state index contributed by atoms with van der Waals surface area (Å²) in [7, 11) is 0. The second kappa shape index (κ2) is 3.44. The van der Waals surface area contributed by atoms with Crippen molar-refractivity contribution < 1.29 is 15.0 Å². The average Bonchev–Trinajstić information content (AvgIpc) is 2.01. The monoisotopic (exact) mass is 220 g/mol. The van der Waals surface area contributed by atoms with Crippen LogP contribution in [0.25, 0.3) is 0 Å². The van der Waals surface area contributed by atoms with Gasteiger partial charge in [0, 0.05) is 5.02 Å². The third kappa shape index (κ3) is 1.71. The van der Waals surface area contributed by atoms with Gasteiger partial charge in [0.15, 0.2) is 0 Å². The molecule has 0 aliphatic heterocycles. The molecule has 5 heteroatoms. The van der Waals surface area contributed by atoms with E-state index in [1.165, 1.54) is 13.0 Å². The summed E-state index contributed by atoms with van der Waals surface area (Å²) >= 11 is 11.2. The van der Waals surface area contributed by atoms with Gasteiger partial charge in [-0.1, -0.05) is 23.2 Å². The van der Waals surface area contributed by atoms with Gasteiger partial charge in [0.05, 0.1) is 5.02 Å². The molecule has 0 amide bonds. The highest BCUT2D eigenvalue weighted by Crippen LogP contribution is 2.34. The molecule has 1 aromatic rings. The standard InChI is InChI=1S/C8H6Cl2O3/c1-3-4(9)2-5(10)7(11)6(3)8(12)13/h2,11H,1H3,(H,12,13). The smallest absolute Gasteiger partial charge is 0.339 e. The number of hydrogen-bond donors (Lipinski definition) is 2. The summed E-state index contributed by atoms with van der Waals surface area (Å²) in [5.41, 5.74) is 0.0496. The molecular formula is C8H6Cl2O3. The molecule has 0 aliphatic carbocycles. The van der Waals surface area contributed by atoms with Crippen LogP contribution in [0.1, 0.15) is 15.9 Å². The Kier molecular flexibility index (Phi) is 2.68. The lowest BCUT2D eigenvalue weighted by atomic mass is 10.1. The zero-order valence-corrected chi connectivity index (χ0v) is 8.15. The molecule has 70 valence electrons.